The predicted molar refractivity (Wildman–Crippen MR) is 200 cm³/mol. The van der Waals surface area contributed by atoms with Gasteiger partial charge in [0.15, 0.2) is 23.3 Å². The minimum atomic E-state index is -4.50. The van der Waals surface area contributed by atoms with Crippen LogP contribution in [0.4, 0.5) is 43.9 Å². The maximum atomic E-state index is 13.8. The van der Waals surface area contributed by atoms with Gasteiger partial charge in [-0.2, -0.15) is 26.3 Å². The molecule has 0 fully saturated rings. The highest BCUT2D eigenvalue weighted by Gasteiger charge is 2.41. The molecule has 7 nitrogen and oxygen atoms in total. The molecule has 0 radical (unpaired) electrons. The summed E-state index contributed by atoms with van der Waals surface area (Å²) in [5, 5.41) is 11.5. The SMILES string of the molecule is CC(Cc1ccccc1)(CC(F)(F)F)NC(=O)c1cnc2c(F)c(F)ccc2c1.CC(N)(Cc1ccccc1)CC(F)(F)F.O=C(O)c1cnc2c(F)c(F)ccc2c1. The van der Waals surface area contributed by atoms with E-state index >= 15 is 0 Å². The fraction of sp³-hybridized carbons (Fsp3) is 0.238. The van der Waals surface area contributed by atoms with Gasteiger partial charge in [-0.15, -0.1) is 0 Å². The van der Waals surface area contributed by atoms with Crippen LogP contribution < -0.4 is 11.1 Å². The lowest BCUT2D eigenvalue weighted by atomic mass is 9.88. The van der Waals surface area contributed by atoms with E-state index in [1.165, 1.54) is 38.1 Å². The minimum Gasteiger partial charge on any atom is -0.478 e. The minimum absolute atomic E-state index is 0.0417. The molecule has 0 aliphatic carbocycles. The van der Waals surface area contributed by atoms with E-state index in [4.69, 9.17) is 10.8 Å². The molecule has 17 heteroatoms. The lowest BCUT2D eigenvalue weighted by molar-refractivity contribution is -0.148. The maximum absolute atomic E-state index is 13.8. The summed E-state index contributed by atoms with van der Waals surface area (Å²) in [6, 6.07) is 24.3. The number of hydrogen-bond donors (Lipinski definition) is 3. The number of aromatic carboxylic acids is 1. The van der Waals surface area contributed by atoms with Gasteiger partial charge in [0, 0.05) is 28.7 Å². The molecule has 0 saturated heterocycles. The van der Waals surface area contributed by atoms with E-state index in [0.29, 0.717) is 5.56 Å². The Labute approximate surface area is 330 Å². The molecule has 1 amide bonds. The van der Waals surface area contributed by atoms with Crippen molar-refractivity contribution in [1.82, 2.24) is 15.3 Å². The number of nitrogens with zero attached hydrogens (tertiary/aromatic N) is 2. The normalized spacial score (nSPS) is 13.6. The molecule has 312 valence electrons. The summed E-state index contributed by atoms with van der Waals surface area (Å²) in [6.45, 7) is 2.74. The smallest absolute Gasteiger partial charge is 0.391 e. The van der Waals surface area contributed by atoms with Gasteiger partial charge in [0.2, 0.25) is 0 Å². The van der Waals surface area contributed by atoms with E-state index < -0.39 is 71.4 Å². The number of carboxylic acid groups (broad SMARTS) is 1. The topological polar surface area (TPSA) is 118 Å². The van der Waals surface area contributed by atoms with Crippen LogP contribution in [0.25, 0.3) is 21.8 Å². The van der Waals surface area contributed by atoms with E-state index in [1.807, 2.05) is 6.07 Å². The number of halogens is 10. The number of nitrogens with one attached hydrogen (secondary N) is 1. The molecule has 2 heterocycles. The Morgan fingerprint density at radius 3 is 1.49 bits per heavy atom. The second-order valence-electron chi connectivity index (χ2n) is 14.2. The fourth-order valence-electron chi connectivity index (χ4n) is 6.09. The number of carboxylic acids is 1. The number of rotatable bonds is 9. The molecular formula is C42H36F10N4O3. The van der Waals surface area contributed by atoms with Crippen LogP contribution in [0.1, 0.15) is 58.5 Å². The first kappa shape index (κ1) is 45.6. The summed E-state index contributed by atoms with van der Waals surface area (Å²) >= 11 is 0. The molecule has 2 unspecified atom stereocenters. The maximum Gasteiger partial charge on any atom is 0.391 e. The summed E-state index contributed by atoms with van der Waals surface area (Å²) in [6.07, 6.45) is -8.72. The number of pyridine rings is 2. The highest BCUT2D eigenvalue weighted by molar-refractivity contribution is 5.97. The average Bonchev–Trinajstić information content (AvgIpc) is 3.13. The standard InChI is InChI=1S/C21H17F5N2O.C11H14F3N.C10H5F2NO2/c1-20(12-21(24,25)26,10-13-5-3-2-4-6-13)28-19(29)15-9-14-7-8-16(22)17(23)18(14)27-11-15;1-10(15,8-11(12,13)14)7-9-5-3-2-4-6-9;11-7-2-1-5-3-6(10(14)15)4-13-9(5)8(7)12/h2-9,11H,10,12H2,1H3,(H,28,29);2-6H,7-8,15H2,1H3;1-4H,(H,14,15). The van der Waals surface area contributed by atoms with Gasteiger partial charge in [-0.05, 0) is 74.2 Å². The highest BCUT2D eigenvalue weighted by atomic mass is 19.4. The number of hydrogen-bond acceptors (Lipinski definition) is 5. The number of carbonyl (C=O) groups excluding carboxylic acids is 1. The summed E-state index contributed by atoms with van der Waals surface area (Å²) in [7, 11) is 0. The average molecular weight is 835 g/mol. The fourth-order valence-corrected chi connectivity index (χ4v) is 6.09. The van der Waals surface area contributed by atoms with Crippen molar-refractivity contribution in [3.05, 3.63) is 155 Å². The lowest BCUT2D eigenvalue weighted by Gasteiger charge is -2.32. The molecule has 2 atom stereocenters. The number of carbonyl (C=O) groups is 2. The Bertz CT molecular complexity index is 2390. The third-order valence-electron chi connectivity index (χ3n) is 8.50. The zero-order chi connectivity index (χ0) is 43.8. The number of benzene rings is 4. The summed E-state index contributed by atoms with van der Waals surface area (Å²) in [4.78, 5) is 30.6. The van der Waals surface area contributed by atoms with Crippen molar-refractivity contribution >= 4 is 33.7 Å². The second-order valence-corrected chi connectivity index (χ2v) is 14.2. The molecule has 6 rings (SSSR count). The molecule has 0 spiro atoms. The molecule has 4 aromatic carbocycles. The molecule has 4 N–H and O–H groups in total. The Morgan fingerprint density at radius 1 is 0.627 bits per heavy atom. The third-order valence-corrected chi connectivity index (χ3v) is 8.50. The van der Waals surface area contributed by atoms with Crippen LogP contribution in [-0.2, 0) is 12.8 Å². The Morgan fingerprint density at radius 2 is 1.05 bits per heavy atom. The number of nitrogens with two attached hydrogens (primary N) is 1. The molecular weight excluding hydrogens is 798 g/mol. The molecule has 2 aromatic heterocycles. The van der Waals surface area contributed by atoms with Crippen LogP contribution in [0.3, 0.4) is 0 Å². The molecule has 0 aliphatic rings. The molecule has 0 aliphatic heterocycles. The number of aromatic nitrogens is 2. The van der Waals surface area contributed by atoms with E-state index in [2.05, 4.69) is 15.3 Å². The van der Waals surface area contributed by atoms with Crippen LogP contribution in [0.15, 0.2) is 109 Å². The molecule has 0 saturated carbocycles. The van der Waals surface area contributed by atoms with Crippen LogP contribution in [-0.4, -0.2) is 50.4 Å². The monoisotopic (exact) mass is 834 g/mol. The highest BCUT2D eigenvalue weighted by Crippen LogP contribution is 2.31. The van der Waals surface area contributed by atoms with Gasteiger partial charge in [0.25, 0.3) is 5.91 Å². The van der Waals surface area contributed by atoms with Gasteiger partial charge in [-0.1, -0.05) is 60.7 Å². The van der Waals surface area contributed by atoms with E-state index in [-0.39, 0.29) is 45.8 Å². The Hall–Kier alpha value is -6.10. The molecule has 0 bridgehead atoms. The first-order chi connectivity index (χ1) is 27.4. The van der Waals surface area contributed by atoms with Crippen molar-refractivity contribution in [2.75, 3.05) is 0 Å². The Balaban J connectivity index is 0.000000215. The number of alkyl halides is 6. The van der Waals surface area contributed by atoms with Crippen molar-refractivity contribution in [2.45, 2.75) is 63.0 Å². The van der Waals surface area contributed by atoms with E-state index in [9.17, 15) is 53.5 Å². The van der Waals surface area contributed by atoms with Crippen molar-refractivity contribution in [1.29, 1.82) is 0 Å². The first-order valence-electron chi connectivity index (χ1n) is 17.5. The summed E-state index contributed by atoms with van der Waals surface area (Å²) in [5.74, 6) is -6.24. The number of amides is 1. The van der Waals surface area contributed by atoms with E-state index in [1.54, 1.807) is 54.6 Å². The van der Waals surface area contributed by atoms with Crippen molar-refractivity contribution in [3.63, 3.8) is 0 Å². The summed E-state index contributed by atoms with van der Waals surface area (Å²) in [5.41, 5.74) is 3.69. The molecule has 59 heavy (non-hydrogen) atoms. The largest absolute Gasteiger partial charge is 0.478 e. The van der Waals surface area contributed by atoms with Crippen LogP contribution in [0.5, 0.6) is 0 Å². The zero-order valence-corrected chi connectivity index (χ0v) is 31.2. The zero-order valence-electron chi connectivity index (χ0n) is 31.2. The van der Waals surface area contributed by atoms with Crippen LogP contribution in [0.2, 0.25) is 0 Å². The van der Waals surface area contributed by atoms with Gasteiger partial charge in [0.1, 0.15) is 11.0 Å². The van der Waals surface area contributed by atoms with Crippen LogP contribution in [0, 0.1) is 23.3 Å². The van der Waals surface area contributed by atoms with E-state index in [0.717, 1.165) is 30.1 Å². The second kappa shape index (κ2) is 18.7. The van der Waals surface area contributed by atoms with Gasteiger partial charge >= 0.3 is 18.3 Å². The molecule has 6 aromatic rings. The number of fused-ring (bicyclic) bond motifs is 2. The third kappa shape index (κ3) is 13.8. The van der Waals surface area contributed by atoms with Gasteiger partial charge in [-0.25, -0.2) is 22.4 Å². The van der Waals surface area contributed by atoms with Crippen LogP contribution >= 0.6 is 0 Å². The van der Waals surface area contributed by atoms with Gasteiger partial charge < -0.3 is 16.2 Å². The van der Waals surface area contributed by atoms with Crippen molar-refractivity contribution < 1.29 is 58.6 Å². The predicted octanol–water partition coefficient (Wildman–Crippen LogP) is 10.3. The van der Waals surface area contributed by atoms with Gasteiger partial charge in [-0.3, -0.25) is 14.8 Å². The summed E-state index contributed by atoms with van der Waals surface area (Å²) < 4.78 is 129. The van der Waals surface area contributed by atoms with Gasteiger partial charge in [0.05, 0.1) is 29.5 Å². The van der Waals surface area contributed by atoms with Crippen molar-refractivity contribution in [2.24, 2.45) is 5.73 Å². The Kier molecular flexibility index (Phi) is 14.4. The van der Waals surface area contributed by atoms with Crippen molar-refractivity contribution in [3.8, 4) is 0 Å². The lowest BCUT2D eigenvalue weighted by Crippen LogP contribution is -2.50. The first-order valence-corrected chi connectivity index (χ1v) is 17.5. The quantitative estimate of drug-likeness (QED) is 0.125.